The third kappa shape index (κ3) is 1.88. The fraction of sp³-hybridized carbons (Fsp3) is 0.538. The molecule has 0 atom stereocenters. The molecule has 2 aliphatic rings. The van der Waals surface area contributed by atoms with Crippen molar-refractivity contribution in [1.29, 1.82) is 0 Å². The molecule has 1 fully saturated rings. The van der Waals surface area contributed by atoms with Crippen LogP contribution in [-0.2, 0) is 6.42 Å². The molecule has 0 unspecified atom stereocenters. The monoisotopic (exact) mass is 235 g/mol. The molecule has 0 aromatic heterocycles. The Kier molecular flexibility index (Phi) is 2.51. The molecule has 0 bridgehead atoms. The van der Waals surface area contributed by atoms with Gasteiger partial charge in [0.25, 0.3) is 0 Å². The lowest BCUT2D eigenvalue weighted by molar-refractivity contribution is 0.196. The largest absolute Gasteiger partial charge is 0.493 e. The summed E-state index contributed by atoms with van der Waals surface area (Å²) in [6.45, 7) is 4.22. The van der Waals surface area contributed by atoms with E-state index in [9.17, 15) is 0 Å². The number of anilines is 1. The van der Waals surface area contributed by atoms with E-state index in [4.69, 9.17) is 4.74 Å². The Hall–Kier alpha value is -0.830. The first-order chi connectivity index (χ1) is 7.75. The van der Waals surface area contributed by atoms with Gasteiger partial charge in [-0.15, -0.1) is 0 Å². The number of fused-ring (bicyclic) bond motifs is 1. The van der Waals surface area contributed by atoms with E-state index in [0.29, 0.717) is 5.41 Å². The van der Waals surface area contributed by atoms with Gasteiger partial charge in [0.15, 0.2) is 0 Å². The van der Waals surface area contributed by atoms with Gasteiger partial charge in [-0.3, -0.25) is 0 Å². The zero-order chi connectivity index (χ0) is 11.0. The second kappa shape index (κ2) is 3.88. The van der Waals surface area contributed by atoms with Crippen molar-refractivity contribution in [2.45, 2.75) is 13.3 Å². The van der Waals surface area contributed by atoms with E-state index in [-0.39, 0.29) is 0 Å². The molecule has 1 N–H and O–H groups in total. The number of benzene rings is 1. The molecule has 0 aliphatic carbocycles. The molecule has 0 saturated carbocycles. The lowest BCUT2D eigenvalue weighted by atomic mass is 9.96. The van der Waals surface area contributed by atoms with E-state index in [2.05, 4.69) is 30.4 Å². The number of hydrogen-bond acceptors (Lipinski definition) is 3. The van der Waals surface area contributed by atoms with Crippen LogP contribution in [0.25, 0.3) is 0 Å². The summed E-state index contributed by atoms with van der Waals surface area (Å²) in [5.41, 5.74) is 3.07. The molecule has 16 heavy (non-hydrogen) atoms. The number of nitrogens with one attached hydrogen (secondary N) is 1. The summed E-state index contributed by atoms with van der Waals surface area (Å²) in [4.78, 5) is 0. The smallest absolute Gasteiger partial charge is 0.119 e. The van der Waals surface area contributed by atoms with Gasteiger partial charge in [0.2, 0.25) is 0 Å². The van der Waals surface area contributed by atoms with Gasteiger partial charge in [-0.25, -0.2) is 0 Å². The Morgan fingerprint density at radius 2 is 2.31 bits per heavy atom. The van der Waals surface area contributed by atoms with Gasteiger partial charge < -0.3 is 10.1 Å². The van der Waals surface area contributed by atoms with Gasteiger partial charge in [-0.05, 0) is 30.2 Å². The van der Waals surface area contributed by atoms with Gasteiger partial charge in [-0.2, -0.15) is 11.8 Å². The van der Waals surface area contributed by atoms with E-state index < -0.39 is 0 Å². The van der Waals surface area contributed by atoms with Crippen molar-refractivity contribution in [3.8, 4) is 5.75 Å². The van der Waals surface area contributed by atoms with Crippen LogP contribution in [0.15, 0.2) is 18.2 Å². The molecule has 2 heterocycles. The van der Waals surface area contributed by atoms with Crippen LogP contribution in [-0.4, -0.2) is 24.7 Å². The van der Waals surface area contributed by atoms with Crippen molar-refractivity contribution in [3.05, 3.63) is 23.8 Å². The van der Waals surface area contributed by atoms with Crippen molar-refractivity contribution in [3.63, 3.8) is 0 Å². The van der Waals surface area contributed by atoms with E-state index in [1.807, 2.05) is 11.8 Å². The van der Waals surface area contributed by atoms with Gasteiger partial charge in [-0.1, -0.05) is 6.92 Å². The molecular weight excluding hydrogens is 218 g/mol. The van der Waals surface area contributed by atoms with Crippen molar-refractivity contribution in [1.82, 2.24) is 0 Å². The average Bonchev–Trinajstić information content (AvgIpc) is 2.70. The van der Waals surface area contributed by atoms with Gasteiger partial charge >= 0.3 is 0 Å². The van der Waals surface area contributed by atoms with E-state index in [0.717, 1.165) is 25.3 Å². The Balaban J connectivity index is 1.66. The quantitative estimate of drug-likeness (QED) is 0.870. The van der Waals surface area contributed by atoms with E-state index in [1.165, 1.54) is 22.8 Å². The second-order valence-electron chi connectivity index (χ2n) is 5.09. The van der Waals surface area contributed by atoms with Gasteiger partial charge in [0.1, 0.15) is 5.75 Å². The molecule has 2 nitrogen and oxygen atoms in total. The highest BCUT2D eigenvalue weighted by atomic mass is 32.2. The number of thioether (sulfide) groups is 1. The van der Waals surface area contributed by atoms with E-state index >= 15 is 0 Å². The van der Waals surface area contributed by atoms with Crippen LogP contribution < -0.4 is 10.1 Å². The highest BCUT2D eigenvalue weighted by molar-refractivity contribution is 8.00. The molecule has 0 amide bonds. The summed E-state index contributed by atoms with van der Waals surface area (Å²) in [6, 6.07) is 6.40. The maximum absolute atomic E-state index is 5.90. The van der Waals surface area contributed by atoms with Crippen LogP contribution in [0, 0.1) is 5.41 Å². The summed E-state index contributed by atoms with van der Waals surface area (Å²) in [5.74, 6) is 3.50. The SMILES string of the molecule is CC1(COc2ccc3c(c2)CCN3)CSC1. The molecule has 1 aromatic carbocycles. The Bertz CT molecular complexity index is 401. The minimum Gasteiger partial charge on any atom is -0.493 e. The van der Waals surface area contributed by atoms with Crippen LogP contribution in [0.4, 0.5) is 5.69 Å². The zero-order valence-electron chi connectivity index (χ0n) is 9.58. The van der Waals surface area contributed by atoms with E-state index in [1.54, 1.807) is 0 Å². The Morgan fingerprint density at radius 1 is 1.44 bits per heavy atom. The summed E-state index contributed by atoms with van der Waals surface area (Å²) >= 11 is 2.01. The molecule has 0 radical (unpaired) electrons. The number of hydrogen-bond donors (Lipinski definition) is 1. The second-order valence-corrected chi connectivity index (χ2v) is 6.07. The minimum absolute atomic E-state index is 0.405. The molecule has 3 heteroatoms. The molecule has 3 rings (SSSR count). The Morgan fingerprint density at radius 3 is 3.06 bits per heavy atom. The van der Waals surface area contributed by atoms with Crippen LogP contribution in [0.3, 0.4) is 0 Å². The summed E-state index contributed by atoms with van der Waals surface area (Å²) in [6.07, 6.45) is 1.12. The first-order valence-electron chi connectivity index (χ1n) is 5.83. The third-order valence-corrected chi connectivity index (χ3v) is 5.08. The lowest BCUT2D eigenvalue weighted by Gasteiger charge is -2.37. The Labute approximate surface area is 101 Å². The maximum Gasteiger partial charge on any atom is 0.119 e. The molecule has 1 aromatic rings. The first kappa shape index (κ1) is 10.3. The highest BCUT2D eigenvalue weighted by Crippen LogP contribution is 2.38. The number of ether oxygens (including phenoxy) is 1. The minimum atomic E-state index is 0.405. The summed E-state index contributed by atoms with van der Waals surface area (Å²) in [7, 11) is 0. The normalized spacial score (nSPS) is 20.8. The molecule has 2 aliphatic heterocycles. The molecule has 1 saturated heterocycles. The predicted molar refractivity (Wildman–Crippen MR) is 69.6 cm³/mol. The molecule has 86 valence electrons. The highest BCUT2D eigenvalue weighted by Gasteiger charge is 2.33. The first-order valence-corrected chi connectivity index (χ1v) is 6.98. The molecular formula is C13H17NOS. The predicted octanol–water partition coefficient (Wildman–Crippen LogP) is 2.79. The average molecular weight is 235 g/mol. The van der Waals surface area contributed by atoms with Crippen molar-refractivity contribution < 1.29 is 4.74 Å². The van der Waals surface area contributed by atoms with Crippen LogP contribution >= 0.6 is 11.8 Å². The lowest BCUT2D eigenvalue weighted by Crippen LogP contribution is -2.38. The summed E-state index contributed by atoms with van der Waals surface area (Å²) in [5, 5.41) is 3.36. The van der Waals surface area contributed by atoms with Crippen molar-refractivity contribution >= 4 is 17.4 Å². The third-order valence-electron chi connectivity index (χ3n) is 3.27. The number of rotatable bonds is 3. The molecule has 0 spiro atoms. The van der Waals surface area contributed by atoms with Crippen LogP contribution in [0.2, 0.25) is 0 Å². The van der Waals surface area contributed by atoms with Gasteiger partial charge in [0.05, 0.1) is 6.61 Å². The van der Waals surface area contributed by atoms with Gasteiger partial charge in [0, 0.05) is 29.2 Å². The fourth-order valence-electron chi connectivity index (χ4n) is 2.16. The fourth-order valence-corrected chi connectivity index (χ4v) is 3.23. The van der Waals surface area contributed by atoms with Crippen LogP contribution in [0.5, 0.6) is 5.75 Å². The van der Waals surface area contributed by atoms with Crippen LogP contribution in [0.1, 0.15) is 12.5 Å². The van der Waals surface area contributed by atoms with Crippen molar-refractivity contribution in [2.75, 3.05) is 30.0 Å². The maximum atomic E-state index is 5.90. The zero-order valence-corrected chi connectivity index (χ0v) is 10.4. The topological polar surface area (TPSA) is 21.3 Å². The summed E-state index contributed by atoms with van der Waals surface area (Å²) < 4.78 is 5.90. The van der Waals surface area contributed by atoms with Crippen molar-refractivity contribution in [2.24, 2.45) is 5.41 Å². The standard InChI is InChI=1S/C13H17NOS/c1-13(8-16-9-13)7-15-11-2-3-12-10(6-11)4-5-14-12/h2-3,6,14H,4-5,7-9H2,1H3.